The number of hydrogen-bond acceptors (Lipinski definition) is 4. The van der Waals surface area contributed by atoms with Gasteiger partial charge in [0.1, 0.15) is 5.56 Å². The summed E-state index contributed by atoms with van der Waals surface area (Å²) in [6.45, 7) is -1.81. The first-order valence-corrected chi connectivity index (χ1v) is 4.96. The van der Waals surface area contributed by atoms with Crippen molar-refractivity contribution in [2.45, 2.75) is 12.3 Å². The molecule has 0 atom stereocenters. The summed E-state index contributed by atoms with van der Waals surface area (Å²) in [6, 6.07) is 2.71. The highest BCUT2D eigenvalue weighted by Crippen LogP contribution is 2.32. The van der Waals surface area contributed by atoms with E-state index in [1.807, 2.05) is 0 Å². The van der Waals surface area contributed by atoms with Crippen molar-refractivity contribution in [1.82, 2.24) is 0 Å². The minimum atomic E-state index is -4.51. The third kappa shape index (κ3) is 3.33. The molecular formula is C10H7F4NO5. The standard InChI is InChI=1S/C10H7F4NO5/c11-9(12)10(13,14)4-20-6-3-1-2-5(8(16)17)7(6)15(18)19/h1-3,9H,4H2,(H,16,17). The second-order valence-electron chi connectivity index (χ2n) is 3.56. The van der Waals surface area contributed by atoms with Crippen LogP contribution in [-0.2, 0) is 0 Å². The molecule has 0 aliphatic carbocycles. The fourth-order valence-electron chi connectivity index (χ4n) is 1.24. The highest BCUT2D eigenvalue weighted by atomic mass is 19.3. The van der Waals surface area contributed by atoms with Crippen molar-refractivity contribution in [2.24, 2.45) is 0 Å². The number of carbonyl (C=O) groups is 1. The maximum absolute atomic E-state index is 12.7. The summed E-state index contributed by atoms with van der Waals surface area (Å²) in [5.74, 6) is -7.01. The molecule has 1 aromatic carbocycles. The lowest BCUT2D eigenvalue weighted by Crippen LogP contribution is -2.33. The second kappa shape index (κ2) is 5.72. The number of nitro groups is 1. The summed E-state index contributed by atoms with van der Waals surface area (Å²) in [5, 5.41) is 19.5. The number of rotatable bonds is 6. The van der Waals surface area contributed by atoms with Crippen molar-refractivity contribution >= 4 is 11.7 Å². The van der Waals surface area contributed by atoms with Gasteiger partial charge in [0.25, 0.3) is 0 Å². The molecule has 20 heavy (non-hydrogen) atoms. The average Bonchev–Trinajstić information content (AvgIpc) is 2.35. The largest absolute Gasteiger partial charge is 0.480 e. The number of alkyl halides is 4. The molecule has 0 radical (unpaired) electrons. The van der Waals surface area contributed by atoms with Gasteiger partial charge in [-0.15, -0.1) is 0 Å². The molecule has 6 nitrogen and oxygen atoms in total. The van der Waals surface area contributed by atoms with E-state index >= 15 is 0 Å². The summed E-state index contributed by atoms with van der Waals surface area (Å²) in [6.07, 6.45) is -4.01. The van der Waals surface area contributed by atoms with Gasteiger partial charge < -0.3 is 9.84 Å². The molecule has 0 aliphatic rings. The number of para-hydroxylation sites is 1. The van der Waals surface area contributed by atoms with Gasteiger partial charge in [-0.1, -0.05) is 6.07 Å². The van der Waals surface area contributed by atoms with Crippen molar-refractivity contribution in [3.05, 3.63) is 33.9 Å². The molecule has 0 spiro atoms. The number of carboxylic acids is 1. The molecule has 0 bridgehead atoms. The van der Waals surface area contributed by atoms with Crippen LogP contribution in [0.1, 0.15) is 10.4 Å². The number of aromatic carboxylic acids is 1. The summed E-state index contributed by atoms with van der Waals surface area (Å²) >= 11 is 0. The van der Waals surface area contributed by atoms with Crippen molar-refractivity contribution in [1.29, 1.82) is 0 Å². The van der Waals surface area contributed by atoms with E-state index in [4.69, 9.17) is 5.11 Å². The Morgan fingerprint density at radius 3 is 2.50 bits per heavy atom. The van der Waals surface area contributed by atoms with Crippen LogP contribution in [0.4, 0.5) is 23.2 Å². The third-order valence-corrected chi connectivity index (χ3v) is 2.15. The lowest BCUT2D eigenvalue weighted by atomic mass is 10.1. The number of hydrogen-bond donors (Lipinski definition) is 1. The van der Waals surface area contributed by atoms with Crippen molar-refractivity contribution in [3.8, 4) is 5.75 Å². The Balaban J connectivity index is 3.10. The van der Waals surface area contributed by atoms with Crippen molar-refractivity contribution in [3.63, 3.8) is 0 Å². The van der Waals surface area contributed by atoms with E-state index in [0.29, 0.717) is 0 Å². The number of carboxylic acid groups (broad SMARTS) is 1. The number of benzene rings is 1. The minimum absolute atomic E-state index is 0.798. The lowest BCUT2D eigenvalue weighted by molar-refractivity contribution is -0.386. The number of nitrogens with zero attached hydrogens (tertiary/aromatic N) is 1. The Hall–Kier alpha value is -2.39. The molecule has 1 rings (SSSR count). The van der Waals surface area contributed by atoms with Gasteiger partial charge in [-0.2, -0.15) is 8.78 Å². The molecular weight excluding hydrogens is 290 g/mol. The summed E-state index contributed by atoms with van der Waals surface area (Å²) < 4.78 is 53.5. The van der Waals surface area contributed by atoms with E-state index in [2.05, 4.69) is 4.74 Å². The van der Waals surface area contributed by atoms with Gasteiger partial charge >= 0.3 is 24.0 Å². The monoisotopic (exact) mass is 297 g/mol. The minimum Gasteiger partial charge on any atom is -0.480 e. The number of nitro benzene ring substituents is 1. The quantitative estimate of drug-likeness (QED) is 0.495. The average molecular weight is 297 g/mol. The van der Waals surface area contributed by atoms with E-state index in [1.54, 1.807) is 0 Å². The Morgan fingerprint density at radius 2 is 2.05 bits per heavy atom. The van der Waals surface area contributed by atoms with Crippen LogP contribution >= 0.6 is 0 Å². The highest BCUT2D eigenvalue weighted by Gasteiger charge is 2.42. The predicted molar refractivity (Wildman–Crippen MR) is 56.5 cm³/mol. The van der Waals surface area contributed by atoms with Crippen LogP contribution in [0, 0.1) is 10.1 Å². The lowest BCUT2D eigenvalue weighted by Gasteiger charge is -2.16. The van der Waals surface area contributed by atoms with Gasteiger partial charge in [0.05, 0.1) is 4.92 Å². The Kier molecular flexibility index (Phi) is 4.48. The highest BCUT2D eigenvalue weighted by molar-refractivity contribution is 5.93. The van der Waals surface area contributed by atoms with Crippen LogP contribution in [0.3, 0.4) is 0 Å². The molecule has 0 heterocycles. The normalized spacial score (nSPS) is 11.4. The predicted octanol–water partition coefficient (Wildman–Crippen LogP) is 2.57. The zero-order valence-corrected chi connectivity index (χ0v) is 9.56. The van der Waals surface area contributed by atoms with E-state index in [0.717, 1.165) is 18.2 Å². The first kappa shape index (κ1) is 15.7. The first-order chi connectivity index (χ1) is 9.16. The first-order valence-electron chi connectivity index (χ1n) is 4.96. The molecule has 0 fully saturated rings. The van der Waals surface area contributed by atoms with Gasteiger partial charge in [-0.3, -0.25) is 10.1 Å². The number of ether oxygens (including phenoxy) is 1. The van der Waals surface area contributed by atoms with E-state index < -0.39 is 46.8 Å². The van der Waals surface area contributed by atoms with Crippen LogP contribution in [0.2, 0.25) is 0 Å². The fraction of sp³-hybridized carbons (Fsp3) is 0.300. The Bertz CT molecular complexity index is 534. The molecule has 10 heteroatoms. The zero-order chi connectivity index (χ0) is 15.5. The smallest absolute Gasteiger partial charge is 0.342 e. The Morgan fingerprint density at radius 1 is 1.45 bits per heavy atom. The maximum atomic E-state index is 12.7. The van der Waals surface area contributed by atoms with Crippen LogP contribution in [-0.4, -0.2) is 35.0 Å². The van der Waals surface area contributed by atoms with Gasteiger partial charge in [-0.25, -0.2) is 13.6 Å². The molecule has 0 saturated carbocycles. The van der Waals surface area contributed by atoms with Gasteiger partial charge in [-0.05, 0) is 12.1 Å². The van der Waals surface area contributed by atoms with Crippen LogP contribution in [0.25, 0.3) is 0 Å². The second-order valence-corrected chi connectivity index (χ2v) is 3.56. The molecule has 0 saturated heterocycles. The molecule has 1 aromatic rings. The maximum Gasteiger partial charge on any atom is 0.342 e. The third-order valence-electron chi connectivity index (χ3n) is 2.15. The Labute approximate surface area is 108 Å². The van der Waals surface area contributed by atoms with Gasteiger partial charge in [0.15, 0.2) is 12.4 Å². The summed E-state index contributed by atoms with van der Waals surface area (Å²) in [5.41, 5.74) is -1.88. The molecule has 0 aromatic heterocycles. The number of halogens is 4. The topological polar surface area (TPSA) is 89.7 Å². The van der Waals surface area contributed by atoms with Crippen molar-refractivity contribution < 1.29 is 37.1 Å². The van der Waals surface area contributed by atoms with E-state index in [9.17, 15) is 32.5 Å². The summed E-state index contributed by atoms with van der Waals surface area (Å²) in [7, 11) is 0. The SMILES string of the molecule is O=C(O)c1cccc(OCC(F)(F)C(F)F)c1[N+](=O)[O-]. The van der Waals surface area contributed by atoms with E-state index in [-0.39, 0.29) is 0 Å². The van der Waals surface area contributed by atoms with Crippen LogP contribution in [0.15, 0.2) is 18.2 Å². The molecule has 0 amide bonds. The summed E-state index contributed by atoms with van der Waals surface area (Å²) in [4.78, 5) is 20.3. The molecule has 0 unspecified atom stereocenters. The van der Waals surface area contributed by atoms with Crippen LogP contribution in [0.5, 0.6) is 5.75 Å². The zero-order valence-electron chi connectivity index (χ0n) is 9.56. The van der Waals surface area contributed by atoms with Gasteiger partial charge in [0, 0.05) is 0 Å². The van der Waals surface area contributed by atoms with Crippen molar-refractivity contribution in [2.75, 3.05) is 6.61 Å². The molecule has 0 aliphatic heterocycles. The molecule has 1 N–H and O–H groups in total. The van der Waals surface area contributed by atoms with Gasteiger partial charge in [0.2, 0.25) is 0 Å². The van der Waals surface area contributed by atoms with E-state index in [1.165, 1.54) is 0 Å². The fourth-order valence-corrected chi connectivity index (χ4v) is 1.24. The molecule has 110 valence electrons. The van der Waals surface area contributed by atoms with Crippen LogP contribution < -0.4 is 4.74 Å².